The maximum Gasteiger partial charge on any atom is 0.230 e. The Morgan fingerprint density at radius 1 is 1.28 bits per heavy atom. The number of sulfone groups is 1. The number of aryl methyl sites for hydroxylation is 1. The van der Waals surface area contributed by atoms with Crippen LogP contribution in [0, 0.1) is 6.92 Å². The van der Waals surface area contributed by atoms with E-state index in [1.165, 1.54) is 11.8 Å². The molecule has 4 rings (SSSR count). The first-order valence-corrected chi connectivity index (χ1v) is 11.9. The van der Waals surface area contributed by atoms with Crippen LogP contribution in [0.25, 0.3) is 17.1 Å². The van der Waals surface area contributed by atoms with Gasteiger partial charge >= 0.3 is 0 Å². The van der Waals surface area contributed by atoms with Crippen molar-refractivity contribution in [3.05, 3.63) is 48.4 Å². The number of hydrogen-bond acceptors (Lipinski definition) is 7. The zero-order chi connectivity index (χ0) is 20.4. The van der Waals surface area contributed by atoms with Crippen LogP contribution < -0.4 is 5.32 Å². The largest absolute Gasteiger partial charge is 0.469 e. The van der Waals surface area contributed by atoms with Crippen LogP contribution in [0.1, 0.15) is 12.2 Å². The van der Waals surface area contributed by atoms with Gasteiger partial charge in [0, 0.05) is 11.7 Å². The number of carbonyl (C=O) groups excluding carboxylic acids is 1. The van der Waals surface area contributed by atoms with E-state index in [-0.39, 0.29) is 29.2 Å². The summed E-state index contributed by atoms with van der Waals surface area (Å²) in [6.07, 6.45) is 2.06. The minimum Gasteiger partial charge on any atom is -0.469 e. The van der Waals surface area contributed by atoms with Crippen molar-refractivity contribution in [3.8, 4) is 17.1 Å². The quantitative estimate of drug-likeness (QED) is 0.595. The zero-order valence-corrected chi connectivity index (χ0v) is 17.4. The minimum atomic E-state index is -3.03. The SMILES string of the molecule is Cc1occc1-c1nnc(SCC(=O)N[C@H]2CCS(=O)(=O)C2)n1-c1ccccc1. The molecule has 0 aliphatic carbocycles. The molecule has 1 aromatic carbocycles. The highest BCUT2D eigenvalue weighted by molar-refractivity contribution is 7.99. The summed E-state index contributed by atoms with van der Waals surface area (Å²) >= 11 is 1.25. The summed E-state index contributed by atoms with van der Waals surface area (Å²) in [5.41, 5.74) is 1.70. The molecule has 0 spiro atoms. The molecule has 3 heterocycles. The second-order valence-electron chi connectivity index (χ2n) is 6.82. The van der Waals surface area contributed by atoms with Crippen molar-refractivity contribution in [2.75, 3.05) is 17.3 Å². The van der Waals surface area contributed by atoms with Gasteiger partial charge in [-0.05, 0) is 31.5 Å². The molecule has 152 valence electrons. The summed E-state index contributed by atoms with van der Waals surface area (Å²) in [5, 5.41) is 12.0. The molecule has 29 heavy (non-hydrogen) atoms. The Morgan fingerprint density at radius 3 is 2.72 bits per heavy atom. The fourth-order valence-corrected chi connectivity index (χ4v) is 5.71. The van der Waals surface area contributed by atoms with Crippen molar-refractivity contribution >= 4 is 27.5 Å². The fraction of sp³-hybridized carbons (Fsp3) is 0.316. The summed E-state index contributed by atoms with van der Waals surface area (Å²) in [6.45, 7) is 1.86. The highest BCUT2D eigenvalue weighted by atomic mass is 32.2. The first-order chi connectivity index (χ1) is 13.9. The van der Waals surface area contributed by atoms with Gasteiger partial charge in [0.05, 0.1) is 29.1 Å². The van der Waals surface area contributed by atoms with Crippen LogP contribution in [0.15, 0.2) is 52.2 Å². The van der Waals surface area contributed by atoms with Crippen molar-refractivity contribution in [1.29, 1.82) is 0 Å². The van der Waals surface area contributed by atoms with E-state index in [2.05, 4.69) is 15.5 Å². The number of nitrogens with one attached hydrogen (secondary N) is 1. The van der Waals surface area contributed by atoms with Crippen molar-refractivity contribution in [1.82, 2.24) is 20.1 Å². The van der Waals surface area contributed by atoms with Gasteiger partial charge in [-0.1, -0.05) is 30.0 Å². The molecule has 0 bridgehead atoms. The van der Waals surface area contributed by atoms with Crippen LogP contribution in [0.3, 0.4) is 0 Å². The number of hydrogen-bond donors (Lipinski definition) is 1. The zero-order valence-electron chi connectivity index (χ0n) is 15.7. The number of furan rings is 1. The Bertz CT molecular complexity index is 1120. The number of para-hydroxylation sites is 1. The van der Waals surface area contributed by atoms with Gasteiger partial charge in [0.15, 0.2) is 20.8 Å². The van der Waals surface area contributed by atoms with Crippen LogP contribution in [-0.2, 0) is 14.6 Å². The Labute approximate surface area is 172 Å². The van der Waals surface area contributed by atoms with E-state index in [0.717, 1.165) is 17.0 Å². The van der Waals surface area contributed by atoms with Crippen LogP contribution in [0.5, 0.6) is 0 Å². The molecule has 3 aromatic rings. The van der Waals surface area contributed by atoms with Gasteiger partial charge in [-0.2, -0.15) is 0 Å². The molecule has 1 fully saturated rings. The topological polar surface area (TPSA) is 107 Å². The highest BCUT2D eigenvalue weighted by Gasteiger charge is 2.29. The van der Waals surface area contributed by atoms with Crippen molar-refractivity contribution in [2.45, 2.75) is 24.5 Å². The number of carbonyl (C=O) groups is 1. The van der Waals surface area contributed by atoms with E-state index in [1.54, 1.807) is 6.26 Å². The summed E-state index contributed by atoms with van der Waals surface area (Å²) < 4.78 is 30.4. The summed E-state index contributed by atoms with van der Waals surface area (Å²) in [6, 6.07) is 11.2. The molecule has 1 saturated heterocycles. The Hall–Kier alpha value is -2.59. The average molecular weight is 433 g/mol. The Balaban J connectivity index is 1.54. The van der Waals surface area contributed by atoms with E-state index in [0.29, 0.717) is 17.4 Å². The second kappa shape index (κ2) is 8.03. The van der Waals surface area contributed by atoms with Crippen LogP contribution in [0.4, 0.5) is 0 Å². The lowest BCUT2D eigenvalue weighted by Crippen LogP contribution is -2.36. The van der Waals surface area contributed by atoms with Gasteiger partial charge in [0.1, 0.15) is 5.76 Å². The normalized spacial score (nSPS) is 18.0. The molecular formula is C19H20N4O4S2. The number of aromatic nitrogens is 3. The molecule has 0 saturated carbocycles. The number of amides is 1. The molecule has 1 aliphatic heterocycles. The fourth-order valence-electron chi connectivity index (χ4n) is 3.27. The molecule has 1 N–H and O–H groups in total. The van der Waals surface area contributed by atoms with Crippen molar-refractivity contribution in [2.24, 2.45) is 0 Å². The smallest absolute Gasteiger partial charge is 0.230 e. The molecule has 1 amide bonds. The van der Waals surface area contributed by atoms with Crippen LogP contribution in [0.2, 0.25) is 0 Å². The molecule has 1 aliphatic rings. The van der Waals surface area contributed by atoms with E-state index < -0.39 is 9.84 Å². The van der Waals surface area contributed by atoms with Gasteiger partial charge in [-0.25, -0.2) is 8.42 Å². The van der Waals surface area contributed by atoms with E-state index in [1.807, 2.05) is 47.9 Å². The van der Waals surface area contributed by atoms with E-state index in [9.17, 15) is 13.2 Å². The lowest BCUT2D eigenvalue weighted by Gasteiger charge is -2.12. The molecule has 0 unspecified atom stereocenters. The van der Waals surface area contributed by atoms with Gasteiger partial charge in [0.2, 0.25) is 5.91 Å². The first-order valence-electron chi connectivity index (χ1n) is 9.11. The third kappa shape index (κ3) is 4.38. The predicted octanol–water partition coefficient (Wildman–Crippen LogP) is 2.23. The summed E-state index contributed by atoms with van der Waals surface area (Å²) in [5.74, 6) is 1.39. The molecule has 1 atom stereocenters. The Morgan fingerprint density at radius 2 is 2.07 bits per heavy atom. The number of benzene rings is 1. The summed E-state index contributed by atoms with van der Waals surface area (Å²) in [4.78, 5) is 12.3. The van der Waals surface area contributed by atoms with E-state index >= 15 is 0 Å². The predicted molar refractivity (Wildman–Crippen MR) is 110 cm³/mol. The van der Waals surface area contributed by atoms with Crippen molar-refractivity contribution < 1.29 is 17.6 Å². The lowest BCUT2D eigenvalue weighted by atomic mass is 10.2. The van der Waals surface area contributed by atoms with Gasteiger partial charge in [-0.3, -0.25) is 9.36 Å². The van der Waals surface area contributed by atoms with Gasteiger partial charge in [-0.15, -0.1) is 10.2 Å². The third-order valence-corrected chi connectivity index (χ3v) is 7.37. The summed E-state index contributed by atoms with van der Waals surface area (Å²) in [7, 11) is -3.03. The van der Waals surface area contributed by atoms with Crippen LogP contribution >= 0.6 is 11.8 Å². The number of thioether (sulfide) groups is 1. The number of nitrogens with zero attached hydrogens (tertiary/aromatic N) is 3. The lowest BCUT2D eigenvalue weighted by molar-refractivity contribution is -0.119. The molecular weight excluding hydrogens is 412 g/mol. The van der Waals surface area contributed by atoms with E-state index in [4.69, 9.17) is 4.42 Å². The van der Waals surface area contributed by atoms with Crippen molar-refractivity contribution in [3.63, 3.8) is 0 Å². The average Bonchev–Trinajstić information content (AvgIpc) is 3.39. The maximum atomic E-state index is 12.3. The third-order valence-electron chi connectivity index (χ3n) is 4.68. The first kappa shape index (κ1) is 19.7. The molecule has 0 radical (unpaired) electrons. The molecule has 10 heteroatoms. The maximum absolute atomic E-state index is 12.3. The van der Waals surface area contributed by atoms with Crippen LogP contribution in [-0.4, -0.2) is 52.4 Å². The second-order valence-corrected chi connectivity index (χ2v) is 9.99. The molecule has 8 nitrogen and oxygen atoms in total. The monoisotopic (exact) mass is 432 g/mol. The molecule has 2 aromatic heterocycles. The number of rotatable bonds is 6. The van der Waals surface area contributed by atoms with Gasteiger partial charge < -0.3 is 9.73 Å². The Kier molecular flexibility index (Phi) is 5.46. The van der Waals surface area contributed by atoms with Gasteiger partial charge in [0.25, 0.3) is 0 Å². The highest BCUT2D eigenvalue weighted by Crippen LogP contribution is 2.30. The minimum absolute atomic E-state index is 0.00746. The standard InChI is InChI=1S/C19H20N4O4S2/c1-13-16(7-9-27-13)18-21-22-19(23(18)15-5-3-2-4-6-15)28-11-17(24)20-14-8-10-29(25,26)12-14/h2-7,9,14H,8,10-12H2,1H3,(H,20,24)/t14-/m0/s1.